The number of hydrogen-bond donors (Lipinski definition) is 1. The van der Waals surface area contributed by atoms with E-state index >= 15 is 0 Å². The van der Waals surface area contributed by atoms with Gasteiger partial charge in [-0.2, -0.15) is 0 Å². The molecular formula is C22H19Cl2N3. The minimum absolute atomic E-state index is 0. The third-order valence-electron chi connectivity index (χ3n) is 4.37. The highest BCUT2D eigenvalue weighted by molar-refractivity contribution is 6.33. The van der Waals surface area contributed by atoms with E-state index in [9.17, 15) is 0 Å². The van der Waals surface area contributed by atoms with E-state index in [0.717, 1.165) is 34.4 Å². The first-order valence-corrected chi connectivity index (χ1v) is 9.00. The van der Waals surface area contributed by atoms with Crippen LogP contribution in [0.15, 0.2) is 72.8 Å². The van der Waals surface area contributed by atoms with Crippen molar-refractivity contribution in [2.45, 2.75) is 13.3 Å². The van der Waals surface area contributed by atoms with Gasteiger partial charge in [0, 0.05) is 16.6 Å². The minimum Gasteiger partial charge on any atom is -0.339 e. The number of hydrogen-bond acceptors (Lipinski definition) is 3. The average Bonchev–Trinajstić information content (AvgIpc) is 2.68. The van der Waals surface area contributed by atoms with Crippen LogP contribution >= 0.6 is 24.0 Å². The first-order chi connectivity index (χ1) is 12.8. The highest BCUT2D eigenvalue weighted by atomic mass is 35.5. The topological polar surface area (TPSA) is 37.8 Å². The molecule has 5 heteroatoms. The number of benzene rings is 3. The van der Waals surface area contributed by atoms with Crippen molar-refractivity contribution in [2.75, 3.05) is 5.32 Å². The van der Waals surface area contributed by atoms with Crippen LogP contribution in [0.2, 0.25) is 5.02 Å². The number of nitrogens with zero attached hydrogens (tertiary/aromatic N) is 2. The Labute approximate surface area is 169 Å². The van der Waals surface area contributed by atoms with Gasteiger partial charge in [0.1, 0.15) is 5.82 Å². The van der Waals surface area contributed by atoms with Crippen molar-refractivity contribution >= 4 is 46.4 Å². The van der Waals surface area contributed by atoms with Crippen LogP contribution in [0.25, 0.3) is 22.3 Å². The zero-order chi connectivity index (χ0) is 17.9. The fraction of sp³-hybridized carbons (Fsp3) is 0.0909. The minimum atomic E-state index is 0. The van der Waals surface area contributed by atoms with Crippen molar-refractivity contribution < 1.29 is 0 Å². The van der Waals surface area contributed by atoms with Crippen LogP contribution in [-0.4, -0.2) is 9.97 Å². The Morgan fingerprint density at radius 1 is 0.852 bits per heavy atom. The molecule has 0 saturated heterocycles. The first kappa shape index (κ1) is 19.2. The maximum atomic E-state index is 6.37. The van der Waals surface area contributed by atoms with Gasteiger partial charge in [-0.15, -0.1) is 12.4 Å². The van der Waals surface area contributed by atoms with Crippen molar-refractivity contribution in [1.82, 2.24) is 9.97 Å². The number of halogens is 2. The molecule has 27 heavy (non-hydrogen) atoms. The lowest BCUT2D eigenvalue weighted by Gasteiger charge is -2.14. The monoisotopic (exact) mass is 395 g/mol. The highest BCUT2D eigenvalue weighted by Crippen LogP contribution is 2.31. The molecule has 0 unspecified atom stereocenters. The second-order valence-electron chi connectivity index (χ2n) is 6.03. The first-order valence-electron chi connectivity index (χ1n) is 8.63. The Kier molecular flexibility index (Phi) is 5.94. The van der Waals surface area contributed by atoms with Crippen LogP contribution in [-0.2, 0) is 6.42 Å². The molecule has 0 aliphatic rings. The zero-order valence-corrected chi connectivity index (χ0v) is 16.4. The summed E-state index contributed by atoms with van der Waals surface area (Å²) in [4.78, 5) is 9.51. The standard InChI is InChI=1S/C22H18ClN3.ClH/c1-2-15-9-3-7-13-19(15)24-22-17-11-5-8-14-20(17)25-21(26-22)16-10-4-6-12-18(16)23;/h3-14H,2H2,1H3,(H,24,25,26);1H. The van der Waals surface area contributed by atoms with E-state index in [1.54, 1.807) is 0 Å². The highest BCUT2D eigenvalue weighted by Gasteiger charge is 2.12. The summed E-state index contributed by atoms with van der Waals surface area (Å²) < 4.78 is 0. The third-order valence-corrected chi connectivity index (χ3v) is 4.70. The van der Waals surface area contributed by atoms with Gasteiger partial charge in [-0.1, -0.05) is 61.0 Å². The number of fused-ring (bicyclic) bond motifs is 1. The van der Waals surface area contributed by atoms with Gasteiger partial charge >= 0.3 is 0 Å². The van der Waals surface area contributed by atoms with E-state index in [2.05, 4.69) is 30.4 Å². The van der Waals surface area contributed by atoms with Crippen LogP contribution in [0, 0.1) is 0 Å². The molecule has 1 aromatic heterocycles. The fourth-order valence-electron chi connectivity index (χ4n) is 3.01. The summed E-state index contributed by atoms with van der Waals surface area (Å²) >= 11 is 6.37. The Balaban J connectivity index is 0.00000210. The quantitative estimate of drug-likeness (QED) is 0.418. The molecule has 4 rings (SSSR count). The number of rotatable bonds is 4. The fourth-order valence-corrected chi connectivity index (χ4v) is 3.23. The van der Waals surface area contributed by atoms with E-state index in [1.165, 1.54) is 5.56 Å². The van der Waals surface area contributed by atoms with Gasteiger partial charge in [-0.05, 0) is 42.3 Å². The van der Waals surface area contributed by atoms with Crippen molar-refractivity contribution in [1.29, 1.82) is 0 Å². The van der Waals surface area contributed by atoms with E-state index < -0.39 is 0 Å². The lowest BCUT2D eigenvalue weighted by molar-refractivity contribution is 1.14. The largest absolute Gasteiger partial charge is 0.339 e. The number of para-hydroxylation sites is 2. The summed E-state index contributed by atoms with van der Waals surface area (Å²) in [5.41, 5.74) is 4.01. The summed E-state index contributed by atoms with van der Waals surface area (Å²) in [7, 11) is 0. The molecule has 3 nitrogen and oxygen atoms in total. The normalized spacial score (nSPS) is 10.4. The number of aromatic nitrogens is 2. The molecule has 0 fully saturated rings. The van der Waals surface area contributed by atoms with Gasteiger partial charge < -0.3 is 5.32 Å². The van der Waals surface area contributed by atoms with Gasteiger partial charge in [0.25, 0.3) is 0 Å². The Morgan fingerprint density at radius 3 is 2.37 bits per heavy atom. The van der Waals surface area contributed by atoms with Gasteiger partial charge in [0.05, 0.1) is 10.5 Å². The van der Waals surface area contributed by atoms with E-state index in [-0.39, 0.29) is 12.4 Å². The van der Waals surface area contributed by atoms with E-state index in [0.29, 0.717) is 10.8 Å². The molecule has 136 valence electrons. The van der Waals surface area contributed by atoms with E-state index in [1.807, 2.05) is 54.6 Å². The molecule has 4 aromatic rings. The zero-order valence-electron chi connectivity index (χ0n) is 14.8. The van der Waals surface area contributed by atoms with Crippen molar-refractivity contribution in [3.8, 4) is 11.4 Å². The molecule has 0 spiro atoms. The van der Waals surface area contributed by atoms with Crippen molar-refractivity contribution in [2.24, 2.45) is 0 Å². The maximum Gasteiger partial charge on any atom is 0.163 e. The second-order valence-corrected chi connectivity index (χ2v) is 6.44. The number of anilines is 2. The Morgan fingerprint density at radius 2 is 1.56 bits per heavy atom. The molecule has 1 N–H and O–H groups in total. The molecule has 0 aliphatic heterocycles. The lowest BCUT2D eigenvalue weighted by Crippen LogP contribution is -2.01. The molecular weight excluding hydrogens is 377 g/mol. The van der Waals surface area contributed by atoms with Crippen molar-refractivity contribution in [3.63, 3.8) is 0 Å². The van der Waals surface area contributed by atoms with Crippen molar-refractivity contribution in [3.05, 3.63) is 83.4 Å². The Hall–Kier alpha value is -2.62. The third kappa shape index (κ3) is 3.90. The van der Waals surface area contributed by atoms with Gasteiger partial charge in [-0.25, -0.2) is 9.97 Å². The van der Waals surface area contributed by atoms with Gasteiger partial charge in [-0.3, -0.25) is 0 Å². The smallest absolute Gasteiger partial charge is 0.163 e. The number of nitrogens with one attached hydrogen (secondary N) is 1. The maximum absolute atomic E-state index is 6.37. The SMILES string of the molecule is CCc1ccccc1Nc1nc(-c2ccccc2Cl)nc2ccccc12.Cl. The van der Waals surface area contributed by atoms with E-state index in [4.69, 9.17) is 21.6 Å². The Bertz CT molecular complexity index is 1080. The predicted octanol–water partition coefficient (Wildman–Crippen LogP) is 6.68. The molecule has 0 radical (unpaired) electrons. The van der Waals surface area contributed by atoms with Crippen LogP contribution in [0.3, 0.4) is 0 Å². The van der Waals surface area contributed by atoms with Crippen LogP contribution < -0.4 is 5.32 Å². The number of aryl methyl sites for hydroxylation is 1. The second kappa shape index (κ2) is 8.38. The summed E-state index contributed by atoms with van der Waals surface area (Å²) in [5.74, 6) is 1.40. The van der Waals surface area contributed by atoms with Crippen LogP contribution in [0.1, 0.15) is 12.5 Å². The van der Waals surface area contributed by atoms with Crippen LogP contribution in [0.5, 0.6) is 0 Å². The average molecular weight is 396 g/mol. The summed E-state index contributed by atoms with van der Waals surface area (Å²) in [5, 5.41) is 5.12. The summed E-state index contributed by atoms with van der Waals surface area (Å²) in [6.45, 7) is 2.15. The molecule has 0 saturated carbocycles. The molecule has 0 aliphatic carbocycles. The predicted molar refractivity (Wildman–Crippen MR) is 116 cm³/mol. The molecule has 0 bridgehead atoms. The summed E-state index contributed by atoms with van der Waals surface area (Å²) in [6, 6.07) is 23.9. The molecule has 3 aromatic carbocycles. The van der Waals surface area contributed by atoms with Gasteiger partial charge in [0.2, 0.25) is 0 Å². The molecule has 1 heterocycles. The summed E-state index contributed by atoms with van der Waals surface area (Å²) in [6.07, 6.45) is 0.948. The van der Waals surface area contributed by atoms with Crippen LogP contribution in [0.4, 0.5) is 11.5 Å². The molecule has 0 atom stereocenters. The lowest BCUT2D eigenvalue weighted by atomic mass is 10.1. The van der Waals surface area contributed by atoms with Gasteiger partial charge in [0.15, 0.2) is 5.82 Å². The molecule has 0 amide bonds.